The van der Waals surface area contributed by atoms with Crippen molar-refractivity contribution in [2.24, 2.45) is 0 Å². The molecule has 4 nitrogen and oxygen atoms in total. The van der Waals surface area contributed by atoms with Crippen molar-refractivity contribution in [2.45, 2.75) is 39.2 Å². The SMILES string of the molecule is CCCN1CCC(NC/C=C(/C)C(=O)OC)CC1. The minimum absolute atomic E-state index is 0.241. The molecular formula is C14H26N2O2. The van der Waals surface area contributed by atoms with Gasteiger partial charge in [0.2, 0.25) is 0 Å². The Morgan fingerprint density at radius 1 is 1.44 bits per heavy atom. The largest absolute Gasteiger partial charge is 0.466 e. The molecule has 1 aliphatic heterocycles. The fourth-order valence-electron chi connectivity index (χ4n) is 2.30. The van der Waals surface area contributed by atoms with E-state index in [0.29, 0.717) is 11.6 Å². The van der Waals surface area contributed by atoms with Gasteiger partial charge < -0.3 is 15.0 Å². The molecule has 4 heteroatoms. The van der Waals surface area contributed by atoms with Crippen LogP contribution < -0.4 is 5.32 Å². The predicted octanol–water partition coefficient (Wildman–Crippen LogP) is 1.57. The van der Waals surface area contributed by atoms with Gasteiger partial charge in [-0.1, -0.05) is 13.0 Å². The van der Waals surface area contributed by atoms with Gasteiger partial charge in [-0.15, -0.1) is 0 Å². The molecule has 104 valence electrons. The van der Waals surface area contributed by atoms with Crippen LogP contribution in [0, 0.1) is 0 Å². The maximum atomic E-state index is 11.2. The van der Waals surface area contributed by atoms with Gasteiger partial charge in [0, 0.05) is 18.2 Å². The van der Waals surface area contributed by atoms with Crippen LogP contribution in [0.3, 0.4) is 0 Å². The molecule has 0 aromatic rings. The second-order valence-corrected chi connectivity index (χ2v) is 4.90. The molecule has 0 radical (unpaired) electrons. The van der Waals surface area contributed by atoms with Gasteiger partial charge in [-0.3, -0.25) is 0 Å². The standard InChI is InChI=1S/C14H26N2O2/c1-4-9-16-10-6-13(7-11-16)15-8-5-12(2)14(17)18-3/h5,13,15H,4,6-11H2,1-3H3/b12-5-. The predicted molar refractivity (Wildman–Crippen MR) is 73.5 cm³/mol. The Balaban J connectivity index is 2.20. The van der Waals surface area contributed by atoms with Crippen LogP contribution in [0.1, 0.15) is 33.1 Å². The van der Waals surface area contributed by atoms with E-state index in [1.807, 2.05) is 6.08 Å². The van der Waals surface area contributed by atoms with Crippen LogP contribution in [0.15, 0.2) is 11.6 Å². The van der Waals surface area contributed by atoms with E-state index in [0.717, 1.165) is 6.54 Å². The molecule has 0 aliphatic carbocycles. The highest BCUT2D eigenvalue weighted by atomic mass is 16.5. The van der Waals surface area contributed by atoms with Crippen LogP contribution in [0.2, 0.25) is 0 Å². The third-order valence-electron chi connectivity index (χ3n) is 3.45. The van der Waals surface area contributed by atoms with Gasteiger partial charge in [-0.2, -0.15) is 0 Å². The van der Waals surface area contributed by atoms with Crippen molar-refractivity contribution < 1.29 is 9.53 Å². The molecule has 0 saturated carbocycles. The lowest BCUT2D eigenvalue weighted by atomic mass is 10.0. The number of methoxy groups -OCH3 is 1. The van der Waals surface area contributed by atoms with Crippen LogP contribution in [-0.2, 0) is 9.53 Å². The first-order valence-corrected chi connectivity index (χ1v) is 6.88. The summed E-state index contributed by atoms with van der Waals surface area (Å²) in [6, 6.07) is 0.583. The normalized spacial score (nSPS) is 18.9. The minimum Gasteiger partial charge on any atom is -0.466 e. The van der Waals surface area contributed by atoms with Gasteiger partial charge in [0.05, 0.1) is 7.11 Å². The number of likely N-dealkylation sites (tertiary alicyclic amines) is 1. The molecule has 18 heavy (non-hydrogen) atoms. The van der Waals surface area contributed by atoms with Gasteiger partial charge in [-0.05, 0) is 45.8 Å². The zero-order valence-electron chi connectivity index (χ0n) is 11.9. The smallest absolute Gasteiger partial charge is 0.333 e. The Bertz CT molecular complexity index is 282. The fourth-order valence-corrected chi connectivity index (χ4v) is 2.30. The van der Waals surface area contributed by atoms with E-state index in [1.54, 1.807) is 6.92 Å². The molecule has 1 saturated heterocycles. The van der Waals surface area contributed by atoms with Crippen LogP contribution in [0.5, 0.6) is 0 Å². The number of hydrogen-bond donors (Lipinski definition) is 1. The third kappa shape index (κ3) is 5.19. The number of nitrogens with one attached hydrogen (secondary N) is 1. The van der Waals surface area contributed by atoms with Crippen molar-refractivity contribution in [3.05, 3.63) is 11.6 Å². The summed E-state index contributed by atoms with van der Waals surface area (Å²) >= 11 is 0. The Labute approximate surface area is 110 Å². The van der Waals surface area contributed by atoms with Gasteiger partial charge in [0.1, 0.15) is 0 Å². The number of carbonyl (C=O) groups excluding carboxylic acids is 1. The number of esters is 1. The van der Waals surface area contributed by atoms with Crippen LogP contribution in [-0.4, -0.2) is 50.2 Å². The molecule has 0 aromatic carbocycles. The van der Waals surface area contributed by atoms with E-state index in [-0.39, 0.29) is 5.97 Å². The fraction of sp³-hybridized carbons (Fsp3) is 0.786. The maximum absolute atomic E-state index is 11.2. The zero-order valence-corrected chi connectivity index (χ0v) is 11.9. The summed E-state index contributed by atoms with van der Waals surface area (Å²) in [6.07, 6.45) is 5.54. The number of rotatable bonds is 6. The summed E-state index contributed by atoms with van der Waals surface area (Å²) in [4.78, 5) is 13.7. The van der Waals surface area contributed by atoms with E-state index < -0.39 is 0 Å². The molecule has 0 spiro atoms. The van der Waals surface area contributed by atoms with E-state index in [2.05, 4.69) is 21.9 Å². The first kappa shape index (κ1) is 15.2. The zero-order chi connectivity index (χ0) is 13.4. The van der Waals surface area contributed by atoms with Crippen molar-refractivity contribution in [3.8, 4) is 0 Å². The topological polar surface area (TPSA) is 41.6 Å². The third-order valence-corrected chi connectivity index (χ3v) is 3.45. The number of piperidine rings is 1. The maximum Gasteiger partial charge on any atom is 0.333 e. The van der Waals surface area contributed by atoms with Crippen molar-refractivity contribution in [3.63, 3.8) is 0 Å². The van der Waals surface area contributed by atoms with Gasteiger partial charge >= 0.3 is 5.97 Å². The summed E-state index contributed by atoms with van der Waals surface area (Å²) in [5.41, 5.74) is 0.674. The van der Waals surface area contributed by atoms with Crippen LogP contribution in [0.4, 0.5) is 0 Å². The van der Waals surface area contributed by atoms with Gasteiger partial charge in [0.15, 0.2) is 0 Å². The second-order valence-electron chi connectivity index (χ2n) is 4.90. The number of hydrogen-bond acceptors (Lipinski definition) is 4. The Hall–Kier alpha value is -0.870. The molecule has 0 bridgehead atoms. The van der Waals surface area contributed by atoms with E-state index >= 15 is 0 Å². The molecule has 0 amide bonds. The molecule has 1 N–H and O–H groups in total. The van der Waals surface area contributed by atoms with Crippen LogP contribution in [0.25, 0.3) is 0 Å². The summed E-state index contributed by atoms with van der Waals surface area (Å²) in [6.45, 7) is 8.35. The van der Waals surface area contributed by atoms with Crippen molar-refractivity contribution in [1.82, 2.24) is 10.2 Å². The molecule has 1 aliphatic rings. The van der Waals surface area contributed by atoms with E-state index in [4.69, 9.17) is 0 Å². The monoisotopic (exact) mass is 254 g/mol. The lowest BCUT2D eigenvalue weighted by molar-refractivity contribution is -0.136. The van der Waals surface area contributed by atoms with Crippen LogP contribution >= 0.6 is 0 Å². The Kier molecular flexibility index (Phi) is 6.98. The Morgan fingerprint density at radius 3 is 2.67 bits per heavy atom. The molecule has 0 atom stereocenters. The number of nitrogens with zero attached hydrogens (tertiary/aromatic N) is 1. The summed E-state index contributed by atoms with van der Waals surface area (Å²) < 4.78 is 4.65. The molecule has 1 heterocycles. The summed E-state index contributed by atoms with van der Waals surface area (Å²) in [5.74, 6) is -0.241. The van der Waals surface area contributed by atoms with Gasteiger partial charge in [0.25, 0.3) is 0 Å². The molecular weight excluding hydrogens is 228 g/mol. The highest BCUT2D eigenvalue weighted by Crippen LogP contribution is 2.10. The highest BCUT2D eigenvalue weighted by Gasteiger charge is 2.17. The lowest BCUT2D eigenvalue weighted by Gasteiger charge is -2.32. The summed E-state index contributed by atoms with van der Waals surface area (Å²) in [7, 11) is 1.41. The summed E-state index contributed by atoms with van der Waals surface area (Å²) in [5, 5.41) is 3.48. The average Bonchev–Trinajstić information content (AvgIpc) is 2.40. The number of ether oxygens (including phenoxy) is 1. The minimum atomic E-state index is -0.241. The van der Waals surface area contributed by atoms with Gasteiger partial charge in [-0.25, -0.2) is 4.79 Å². The first-order chi connectivity index (χ1) is 8.67. The van der Waals surface area contributed by atoms with E-state index in [1.165, 1.54) is 46.0 Å². The number of carbonyl (C=O) groups is 1. The average molecular weight is 254 g/mol. The first-order valence-electron chi connectivity index (χ1n) is 6.88. The molecule has 0 unspecified atom stereocenters. The van der Waals surface area contributed by atoms with Crippen molar-refractivity contribution in [2.75, 3.05) is 33.3 Å². The van der Waals surface area contributed by atoms with Crippen molar-refractivity contribution in [1.29, 1.82) is 0 Å². The highest BCUT2D eigenvalue weighted by molar-refractivity contribution is 5.87. The van der Waals surface area contributed by atoms with Crippen molar-refractivity contribution >= 4 is 5.97 Å². The molecule has 1 fully saturated rings. The molecule has 0 aromatic heterocycles. The quantitative estimate of drug-likeness (QED) is 0.577. The molecule has 1 rings (SSSR count). The van der Waals surface area contributed by atoms with E-state index in [9.17, 15) is 4.79 Å². The lowest BCUT2D eigenvalue weighted by Crippen LogP contribution is -2.42. The second kappa shape index (κ2) is 8.27. The Morgan fingerprint density at radius 2 is 2.11 bits per heavy atom.